The second-order valence-corrected chi connectivity index (χ2v) is 3.77. The maximum Gasteiger partial charge on any atom is 0.340 e. The van der Waals surface area contributed by atoms with Gasteiger partial charge in [-0.3, -0.25) is 0 Å². The summed E-state index contributed by atoms with van der Waals surface area (Å²) in [6.45, 7) is 0. The number of esters is 1. The van der Waals surface area contributed by atoms with Gasteiger partial charge in [0.2, 0.25) is 0 Å². The topological polar surface area (TPSA) is 52.3 Å². The Morgan fingerprint density at radius 3 is 2.93 bits per heavy atom. The van der Waals surface area contributed by atoms with Crippen LogP contribution in [0.25, 0.3) is 10.1 Å². The zero-order chi connectivity index (χ0) is 10.1. The molecule has 0 aliphatic rings. The average Bonchev–Trinajstić information content (AvgIpc) is 2.66. The molecule has 1 aromatic carbocycles. The van der Waals surface area contributed by atoms with E-state index in [0.29, 0.717) is 11.3 Å². The molecule has 0 bridgehead atoms. The minimum Gasteiger partial charge on any atom is -0.465 e. The quantitative estimate of drug-likeness (QED) is 0.576. The summed E-state index contributed by atoms with van der Waals surface area (Å²) in [5.74, 6) is -0.391. The van der Waals surface area contributed by atoms with Crippen LogP contribution in [0.15, 0.2) is 23.6 Å². The molecule has 4 heteroatoms. The fourth-order valence-corrected chi connectivity index (χ4v) is 2.20. The van der Waals surface area contributed by atoms with Crippen molar-refractivity contribution < 1.29 is 9.53 Å². The number of carbonyl (C=O) groups excluding carboxylic acids is 1. The number of fused-ring (bicyclic) bond motifs is 1. The number of hydrogen-bond acceptors (Lipinski definition) is 4. The highest BCUT2D eigenvalue weighted by Gasteiger charge is 2.12. The van der Waals surface area contributed by atoms with Crippen molar-refractivity contribution in [3.63, 3.8) is 0 Å². The van der Waals surface area contributed by atoms with Gasteiger partial charge in [0.15, 0.2) is 0 Å². The van der Waals surface area contributed by atoms with E-state index in [0.717, 1.165) is 10.1 Å². The lowest BCUT2D eigenvalue weighted by Crippen LogP contribution is -2.05. The number of hydrogen-bond donors (Lipinski definition) is 1. The van der Waals surface area contributed by atoms with Gasteiger partial charge in [0.25, 0.3) is 0 Å². The van der Waals surface area contributed by atoms with Crippen LogP contribution >= 0.6 is 11.3 Å². The van der Waals surface area contributed by atoms with E-state index >= 15 is 0 Å². The Kier molecular flexibility index (Phi) is 2.13. The summed E-state index contributed by atoms with van der Waals surface area (Å²) < 4.78 is 5.57. The van der Waals surface area contributed by atoms with E-state index in [2.05, 4.69) is 4.74 Å². The number of ether oxygens (including phenoxy) is 1. The first-order chi connectivity index (χ1) is 6.74. The summed E-state index contributed by atoms with van der Waals surface area (Å²) in [4.78, 5) is 11.3. The van der Waals surface area contributed by atoms with E-state index in [4.69, 9.17) is 5.73 Å². The maximum atomic E-state index is 11.3. The monoisotopic (exact) mass is 207 g/mol. The van der Waals surface area contributed by atoms with Gasteiger partial charge in [0, 0.05) is 0 Å². The van der Waals surface area contributed by atoms with Gasteiger partial charge in [-0.1, -0.05) is 6.07 Å². The largest absolute Gasteiger partial charge is 0.465 e. The van der Waals surface area contributed by atoms with Crippen LogP contribution in [0.3, 0.4) is 0 Å². The summed E-state index contributed by atoms with van der Waals surface area (Å²) >= 11 is 1.52. The summed E-state index contributed by atoms with van der Waals surface area (Å²) in [5.41, 5.74) is 6.79. The molecule has 14 heavy (non-hydrogen) atoms. The predicted molar refractivity (Wildman–Crippen MR) is 57.6 cm³/mol. The van der Waals surface area contributed by atoms with Gasteiger partial charge in [0.1, 0.15) is 0 Å². The van der Waals surface area contributed by atoms with Crippen LogP contribution in [0.4, 0.5) is 5.69 Å². The molecule has 0 spiro atoms. The van der Waals surface area contributed by atoms with Gasteiger partial charge < -0.3 is 10.5 Å². The molecule has 0 amide bonds. The summed E-state index contributed by atoms with van der Waals surface area (Å²) in [7, 11) is 1.35. The van der Waals surface area contributed by atoms with Crippen LogP contribution in [0, 0.1) is 0 Å². The van der Waals surface area contributed by atoms with E-state index in [1.54, 1.807) is 6.07 Å². The van der Waals surface area contributed by atoms with E-state index in [9.17, 15) is 4.79 Å². The van der Waals surface area contributed by atoms with Crippen LogP contribution < -0.4 is 5.73 Å². The van der Waals surface area contributed by atoms with Crippen molar-refractivity contribution >= 4 is 33.1 Å². The normalized spacial score (nSPS) is 10.4. The summed E-state index contributed by atoms with van der Waals surface area (Å²) in [6, 6.07) is 5.53. The van der Waals surface area contributed by atoms with Crippen molar-refractivity contribution in [2.75, 3.05) is 12.8 Å². The molecule has 0 fully saturated rings. The van der Waals surface area contributed by atoms with Gasteiger partial charge in [-0.15, -0.1) is 11.3 Å². The number of thiophene rings is 1. The number of benzene rings is 1. The lowest BCUT2D eigenvalue weighted by Gasteiger charge is -2.03. The Morgan fingerprint density at radius 2 is 2.21 bits per heavy atom. The molecule has 0 radical (unpaired) electrons. The third kappa shape index (κ3) is 1.24. The van der Waals surface area contributed by atoms with Gasteiger partial charge in [-0.05, 0) is 22.9 Å². The number of methoxy groups -OCH3 is 1. The van der Waals surface area contributed by atoms with Gasteiger partial charge in [0.05, 0.1) is 23.1 Å². The molecule has 1 heterocycles. The molecular weight excluding hydrogens is 198 g/mol. The number of anilines is 1. The smallest absolute Gasteiger partial charge is 0.340 e. The lowest BCUT2D eigenvalue weighted by atomic mass is 10.1. The average molecular weight is 207 g/mol. The highest BCUT2D eigenvalue weighted by Crippen LogP contribution is 2.29. The maximum absolute atomic E-state index is 11.3. The molecule has 2 rings (SSSR count). The SMILES string of the molecule is COC(=O)c1ccc2ccsc2c1N. The van der Waals surface area contributed by atoms with Crippen molar-refractivity contribution in [2.45, 2.75) is 0 Å². The summed E-state index contributed by atoms with van der Waals surface area (Å²) in [6.07, 6.45) is 0. The molecule has 0 atom stereocenters. The van der Waals surface area contributed by atoms with Crippen molar-refractivity contribution in [3.05, 3.63) is 29.1 Å². The van der Waals surface area contributed by atoms with Gasteiger partial charge in [-0.2, -0.15) is 0 Å². The number of rotatable bonds is 1. The second kappa shape index (κ2) is 3.31. The number of carbonyl (C=O) groups is 1. The molecule has 0 saturated carbocycles. The molecule has 2 N–H and O–H groups in total. The minimum atomic E-state index is -0.391. The number of nitrogen functional groups attached to an aromatic ring is 1. The van der Waals surface area contributed by atoms with Crippen LogP contribution in [0.5, 0.6) is 0 Å². The van der Waals surface area contributed by atoms with Crippen LogP contribution in [-0.2, 0) is 4.74 Å². The van der Waals surface area contributed by atoms with Crippen LogP contribution in [-0.4, -0.2) is 13.1 Å². The highest BCUT2D eigenvalue weighted by atomic mass is 32.1. The van der Waals surface area contributed by atoms with E-state index in [1.807, 2.05) is 17.5 Å². The first kappa shape index (κ1) is 9.02. The third-order valence-corrected chi connectivity index (χ3v) is 3.03. The molecule has 0 aliphatic heterocycles. The Morgan fingerprint density at radius 1 is 1.43 bits per heavy atom. The minimum absolute atomic E-state index is 0.391. The molecule has 0 unspecified atom stereocenters. The van der Waals surface area contributed by atoms with Crippen LogP contribution in [0.1, 0.15) is 10.4 Å². The first-order valence-electron chi connectivity index (χ1n) is 4.08. The number of nitrogens with two attached hydrogens (primary N) is 1. The van der Waals surface area contributed by atoms with E-state index < -0.39 is 5.97 Å². The Bertz CT molecular complexity index is 490. The molecular formula is C10H9NO2S. The Labute approximate surface area is 85.1 Å². The molecule has 2 aromatic rings. The Balaban J connectivity index is 2.67. The fourth-order valence-electron chi connectivity index (χ4n) is 1.34. The Hall–Kier alpha value is -1.55. The molecule has 72 valence electrons. The van der Waals surface area contributed by atoms with E-state index in [1.165, 1.54) is 18.4 Å². The predicted octanol–water partition coefficient (Wildman–Crippen LogP) is 2.27. The zero-order valence-electron chi connectivity index (χ0n) is 7.61. The third-order valence-electron chi connectivity index (χ3n) is 2.07. The van der Waals surface area contributed by atoms with Crippen molar-refractivity contribution in [1.82, 2.24) is 0 Å². The molecule has 3 nitrogen and oxygen atoms in total. The van der Waals surface area contributed by atoms with E-state index in [-0.39, 0.29) is 0 Å². The molecule has 1 aromatic heterocycles. The van der Waals surface area contributed by atoms with Crippen molar-refractivity contribution in [1.29, 1.82) is 0 Å². The van der Waals surface area contributed by atoms with Gasteiger partial charge >= 0.3 is 5.97 Å². The molecule has 0 aliphatic carbocycles. The highest BCUT2D eigenvalue weighted by molar-refractivity contribution is 7.17. The zero-order valence-corrected chi connectivity index (χ0v) is 8.43. The van der Waals surface area contributed by atoms with Gasteiger partial charge in [-0.25, -0.2) is 4.79 Å². The van der Waals surface area contributed by atoms with Crippen molar-refractivity contribution in [3.8, 4) is 0 Å². The fraction of sp³-hybridized carbons (Fsp3) is 0.100. The lowest BCUT2D eigenvalue weighted by molar-refractivity contribution is 0.0602. The van der Waals surface area contributed by atoms with Crippen molar-refractivity contribution in [2.24, 2.45) is 0 Å². The molecule has 0 saturated heterocycles. The first-order valence-corrected chi connectivity index (χ1v) is 4.96. The second-order valence-electron chi connectivity index (χ2n) is 2.86. The standard InChI is InChI=1S/C10H9NO2S/c1-13-10(12)7-3-2-6-4-5-14-9(6)8(7)11/h2-5H,11H2,1H3. The summed E-state index contributed by atoms with van der Waals surface area (Å²) in [5, 5.41) is 3.00. The van der Waals surface area contributed by atoms with Crippen LogP contribution in [0.2, 0.25) is 0 Å².